The Labute approximate surface area is 147 Å². The van der Waals surface area contributed by atoms with Gasteiger partial charge in [-0.1, -0.05) is 11.6 Å². The third-order valence-electron chi connectivity index (χ3n) is 3.48. The van der Waals surface area contributed by atoms with Gasteiger partial charge in [0.15, 0.2) is 16.9 Å². The van der Waals surface area contributed by atoms with Crippen molar-refractivity contribution in [3.63, 3.8) is 0 Å². The number of carbonyl (C=O) groups is 2. The van der Waals surface area contributed by atoms with Crippen LogP contribution >= 0.6 is 11.6 Å². The molecule has 1 N–H and O–H groups in total. The number of anilines is 1. The highest BCUT2D eigenvalue weighted by Gasteiger charge is 2.20. The molecular weight excluding hydrogens is 346 g/mol. The fraction of sp³-hybridized carbons (Fsp3) is 0.188. The fourth-order valence-electron chi connectivity index (χ4n) is 2.12. The lowest BCUT2D eigenvalue weighted by Gasteiger charge is -2.14. The predicted molar refractivity (Wildman–Crippen MR) is 90.5 cm³/mol. The van der Waals surface area contributed by atoms with Crippen LogP contribution in [0.4, 0.5) is 5.69 Å². The van der Waals surface area contributed by atoms with Crippen LogP contribution in [0.25, 0.3) is 5.65 Å². The molecule has 9 heteroatoms. The molecule has 1 atom stereocenters. The number of rotatable bonds is 4. The Morgan fingerprint density at radius 2 is 2.08 bits per heavy atom. The summed E-state index contributed by atoms with van der Waals surface area (Å²) in [4.78, 5) is 28.3. The first-order valence-corrected chi connectivity index (χ1v) is 7.77. The van der Waals surface area contributed by atoms with Crippen LogP contribution < -0.4 is 5.32 Å². The lowest BCUT2D eigenvalue weighted by molar-refractivity contribution is -0.123. The van der Waals surface area contributed by atoms with Gasteiger partial charge >= 0.3 is 5.97 Å². The monoisotopic (exact) mass is 359 g/mol. The van der Waals surface area contributed by atoms with E-state index in [4.69, 9.17) is 16.3 Å². The number of nitrogens with one attached hydrogen (secondary N) is 1. The van der Waals surface area contributed by atoms with Gasteiger partial charge in [-0.2, -0.15) is 0 Å². The number of carbonyl (C=O) groups excluding carboxylic acids is 2. The van der Waals surface area contributed by atoms with E-state index >= 15 is 0 Å². The lowest BCUT2D eigenvalue weighted by Crippen LogP contribution is -2.30. The number of aryl methyl sites for hydroxylation is 1. The largest absolute Gasteiger partial charge is 0.449 e. The number of hydrogen-bond acceptors (Lipinski definition) is 6. The summed E-state index contributed by atoms with van der Waals surface area (Å²) in [5, 5.41) is 10.6. The molecule has 3 rings (SSSR count). The van der Waals surface area contributed by atoms with Crippen molar-refractivity contribution in [1.29, 1.82) is 0 Å². The van der Waals surface area contributed by atoms with E-state index in [0.29, 0.717) is 17.2 Å². The van der Waals surface area contributed by atoms with Crippen molar-refractivity contribution in [2.24, 2.45) is 0 Å². The molecule has 1 amide bonds. The molecule has 0 aromatic carbocycles. The van der Waals surface area contributed by atoms with E-state index in [2.05, 4.69) is 20.5 Å². The topological polar surface area (TPSA) is 98.5 Å². The molecule has 0 aliphatic carbocycles. The van der Waals surface area contributed by atoms with E-state index in [9.17, 15) is 9.59 Å². The van der Waals surface area contributed by atoms with Crippen LogP contribution in [0.15, 0.2) is 36.7 Å². The summed E-state index contributed by atoms with van der Waals surface area (Å²) in [6.45, 7) is 3.24. The zero-order chi connectivity index (χ0) is 18.0. The maximum Gasteiger partial charge on any atom is 0.340 e. The molecule has 0 spiro atoms. The van der Waals surface area contributed by atoms with E-state index in [0.717, 1.165) is 0 Å². The van der Waals surface area contributed by atoms with Gasteiger partial charge < -0.3 is 10.1 Å². The number of fused-ring (bicyclic) bond motifs is 1. The van der Waals surface area contributed by atoms with E-state index in [1.54, 1.807) is 41.8 Å². The zero-order valence-corrected chi connectivity index (χ0v) is 14.2. The number of hydrogen-bond donors (Lipinski definition) is 1. The van der Waals surface area contributed by atoms with Crippen molar-refractivity contribution < 1.29 is 14.3 Å². The Balaban J connectivity index is 1.69. The number of nitrogens with zero attached hydrogens (tertiary/aromatic N) is 4. The highest BCUT2D eigenvalue weighted by Crippen LogP contribution is 2.18. The molecule has 0 aliphatic rings. The summed E-state index contributed by atoms with van der Waals surface area (Å²) in [5.41, 5.74) is 1.25. The summed E-state index contributed by atoms with van der Waals surface area (Å²) < 4.78 is 6.87. The molecule has 0 aliphatic heterocycles. The Bertz CT molecular complexity index is 956. The molecule has 0 fully saturated rings. The van der Waals surface area contributed by atoms with Gasteiger partial charge in [-0.05, 0) is 38.1 Å². The minimum Gasteiger partial charge on any atom is -0.449 e. The first-order valence-electron chi connectivity index (χ1n) is 7.39. The number of halogens is 1. The van der Waals surface area contributed by atoms with Crippen molar-refractivity contribution in [2.45, 2.75) is 20.0 Å². The first kappa shape index (κ1) is 16.8. The minimum absolute atomic E-state index is 0.155. The standard InChI is InChI=1S/C16H14ClN5O3/c1-9(15(23)19-12-4-3-7-18-14(12)17)25-16(24)11-5-6-13-21-20-10(2)22(13)8-11/h3-9H,1-2H3,(H,19,23). The van der Waals surface area contributed by atoms with Crippen LogP contribution in [-0.2, 0) is 9.53 Å². The minimum atomic E-state index is -1.01. The van der Waals surface area contributed by atoms with Gasteiger partial charge in [-0.25, -0.2) is 9.78 Å². The number of aromatic nitrogens is 4. The van der Waals surface area contributed by atoms with Gasteiger partial charge in [0.05, 0.1) is 11.3 Å². The molecule has 3 heterocycles. The lowest BCUT2D eigenvalue weighted by atomic mass is 10.2. The summed E-state index contributed by atoms with van der Waals surface area (Å²) in [6, 6.07) is 6.45. The maximum absolute atomic E-state index is 12.3. The average Bonchev–Trinajstić information content (AvgIpc) is 2.97. The van der Waals surface area contributed by atoms with Crippen LogP contribution in [0.3, 0.4) is 0 Å². The van der Waals surface area contributed by atoms with Crippen LogP contribution in [0.1, 0.15) is 23.1 Å². The van der Waals surface area contributed by atoms with Crippen LogP contribution in [0.2, 0.25) is 5.15 Å². The molecule has 8 nitrogen and oxygen atoms in total. The van der Waals surface area contributed by atoms with Gasteiger partial charge in [-0.15, -0.1) is 10.2 Å². The van der Waals surface area contributed by atoms with Crippen molar-refractivity contribution >= 4 is 34.8 Å². The Kier molecular flexibility index (Phi) is 4.62. The van der Waals surface area contributed by atoms with Gasteiger partial charge in [0.25, 0.3) is 5.91 Å². The molecular formula is C16H14ClN5O3. The second-order valence-corrected chi connectivity index (χ2v) is 5.63. The highest BCUT2D eigenvalue weighted by molar-refractivity contribution is 6.32. The van der Waals surface area contributed by atoms with Crippen molar-refractivity contribution in [3.05, 3.63) is 53.2 Å². The van der Waals surface area contributed by atoms with Crippen LogP contribution in [-0.4, -0.2) is 37.6 Å². The molecule has 0 saturated heterocycles. The molecule has 0 saturated carbocycles. The quantitative estimate of drug-likeness (QED) is 0.566. The fourth-order valence-corrected chi connectivity index (χ4v) is 2.29. The second-order valence-electron chi connectivity index (χ2n) is 5.27. The zero-order valence-electron chi connectivity index (χ0n) is 13.4. The average molecular weight is 360 g/mol. The summed E-state index contributed by atoms with van der Waals surface area (Å²) >= 11 is 5.89. The van der Waals surface area contributed by atoms with E-state index in [1.165, 1.54) is 13.1 Å². The molecule has 25 heavy (non-hydrogen) atoms. The Hall–Kier alpha value is -3.00. The predicted octanol–water partition coefficient (Wildman–Crippen LogP) is 2.27. The smallest absolute Gasteiger partial charge is 0.340 e. The van der Waals surface area contributed by atoms with Gasteiger partial charge in [0.2, 0.25) is 0 Å². The second kappa shape index (κ2) is 6.86. The molecule has 0 bridgehead atoms. The van der Waals surface area contributed by atoms with Gasteiger partial charge in [0.1, 0.15) is 5.82 Å². The van der Waals surface area contributed by atoms with Crippen LogP contribution in [0.5, 0.6) is 0 Å². The third-order valence-corrected chi connectivity index (χ3v) is 3.78. The van der Waals surface area contributed by atoms with Crippen molar-refractivity contribution in [2.75, 3.05) is 5.32 Å². The maximum atomic E-state index is 12.3. The van der Waals surface area contributed by atoms with Gasteiger partial charge in [0, 0.05) is 12.4 Å². The summed E-state index contributed by atoms with van der Waals surface area (Å²) in [6.07, 6.45) is 2.06. The molecule has 1 unspecified atom stereocenters. The van der Waals surface area contributed by atoms with E-state index < -0.39 is 18.0 Å². The number of ether oxygens (including phenoxy) is 1. The van der Waals surface area contributed by atoms with E-state index in [-0.39, 0.29) is 10.7 Å². The van der Waals surface area contributed by atoms with Gasteiger partial charge in [-0.3, -0.25) is 9.20 Å². The number of esters is 1. The van der Waals surface area contributed by atoms with Crippen LogP contribution in [0, 0.1) is 6.92 Å². The van der Waals surface area contributed by atoms with Crippen molar-refractivity contribution in [1.82, 2.24) is 19.6 Å². The third kappa shape index (κ3) is 3.58. The normalized spacial score (nSPS) is 12.0. The summed E-state index contributed by atoms with van der Waals surface area (Å²) in [7, 11) is 0. The SMILES string of the molecule is Cc1nnc2ccc(C(=O)OC(C)C(=O)Nc3cccnc3Cl)cn12. The van der Waals surface area contributed by atoms with E-state index in [1.807, 2.05) is 0 Å². The Morgan fingerprint density at radius 1 is 1.28 bits per heavy atom. The molecule has 3 aromatic rings. The molecule has 3 aromatic heterocycles. The van der Waals surface area contributed by atoms with Crippen molar-refractivity contribution in [3.8, 4) is 0 Å². The highest BCUT2D eigenvalue weighted by atomic mass is 35.5. The summed E-state index contributed by atoms with van der Waals surface area (Å²) in [5.74, 6) is -0.499. The number of pyridine rings is 2. The number of amides is 1. The first-order chi connectivity index (χ1) is 12.0. The Morgan fingerprint density at radius 3 is 2.84 bits per heavy atom. The molecule has 128 valence electrons. The molecule has 0 radical (unpaired) electrons.